The van der Waals surface area contributed by atoms with Crippen molar-refractivity contribution in [1.82, 2.24) is 9.80 Å². The molecule has 39 heavy (non-hydrogen) atoms. The highest BCUT2D eigenvalue weighted by molar-refractivity contribution is 6.34. The van der Waals surface area contributed by atoms with Crippen molar-refractivity contribution in [3.05, 3.63) is 62.9 Å². The van der Waals surface area contributed by atoms with E-state index in [0.717, 1.165) is 49.9 Å². The van der Waals surface area contributed by atoms with Crippen LogP contribution in [0.15, 0.2) is 30.3 Å². The number of carbonyl (C=O) groups excluding carboxylic acids is 1. The number of carboxylic acids is 1. The van der Waals surface area contributed by atoms with Gasteiger partial charge in [0.15, 0.2) is 0 Å². The number of ether oxygens (including phenoxy) is 1. The van der Waals surface area contributed by atoms with Crippen LogP contribution >= 0.6 is 23.2 Å². The first kappa shape index (κ1) is 28.2. The van der Waals surface area contributed by atoms with Crippen LogP contribution in [0.5, 0.6) is 5.75 Å². The number of halogens is 3. The van der Waals surface area contributed by atoms with E-state index in [0.29, 0.717) is 41.3 Å². The van der Waals surface area contributed by atoms with E-state index in [1.807, 2.05) is 19.1 Å². The summed E-state index contributed by atoms with van der Waals surface area (Å²) in [6, 6.07) is 7.86. The fourth-order valence-electron chi connectivity index (χ4n) is 6.02. The first-order valence-electron chi connectivity index (χ1n) is 13.8. The summed E-state index contributed by atoms with van der Waals surface area (Å²) >= 11 is 12.4. The molecule has 5 rings (SSSR count). The summed E-state index contributed by atoms with van der Waals surface area (Å²) in [5.74, 6) is -1.35. The Hall–Kier alpha value is -2.35. The van der Waals surface area contributed by atoms with Gasteiger partial charge in [0.05, 0.1) is 12.2 Å². The second-order valence-electron chi connectivity index (χ2n) is 11.4. The highest BCUT2D eigenvalue weighted by Gasteiger charge is 2.41. The third-order valence-electron chi connectivity index (χ3n) is 8.60. The number of piperidine rings is 1. The lowest BCUT2D eigenvalue weighted by atomic mass is 9.95. The van der Waals surface area contributed by atoms with Crippen molar-refractivity contribution in [1.29, 1.82) is 0 Å². The van der Waals surface area contributed by atoms with E-state index in [4.69, 9.17) is 27.9 Å². The van der Waals surface area contributed by atoms with Crippen molar-refractivity contribution in [3.63, 3.8) is 0 Å². The number of nitrogens with zero attached hydrogens (tertiary/aromatic N) is 2. The van der Waals surface area contributed by atoms with Crippen LogP contribution in [0.25, 0.3) is 0 Å². The molecule has 0 unspecified atom stereocenters. The molecule has 3 aliphatic rings. The first-order chi connectivity index (χ1) is 18.6. The van der Waals surface area contributed by atoms with Crippen LogP contribution in [0.1, 0.15) is 79.4 Å². The van der Waals surface area contributed by atoms with Crippen molar-refractivity contribution in [2.45, 2.75) is 64.0 Å². The molecule has 9 heteroatoms. The summed E-state index contributed by atoms with van der Waals surface area (Å²) in [6.45, 7) is 6.60. The van der Waals surface area contributed by atoms with Gasteiger partial charge >= 0.3 is 5.97 Å². The molecule has 2 aromatic carbocycles. The van der Waals surface area contributed by atoms with Crippen molar-refractivity contribution in [2.75, 3.05) is 26.2 Å². The van der Waals surface area contributed by atoms with Crippen LogP contribution < -0.4 is 4.74 Å². The zero-order chi connectivity index (χ0) is 27.8. The van der Waals surface area contributed by atoms with E-state index in [-0.39, 0.29) is 23.4 Å². The van der Waals surface area contributed by atoms with E-state index >= 15 is 4.39 Å². The molecule has 6 nitrogen and oxygen atoms in total. The number of carbonyl (C=O) groups is 2. The fraction of sp³-hybridized carbons (Fsp3) is 0.533. The summed E-state index contributed by atoms with van der Waals surface area (Å²) in [4.78, 5) is 28.7. The van der Waals surface area contributed by atoms with E-state index in [2.05, 4.69) is 11.8 Å². The van der Waals surface area contributed by atoms with E-state index in [1.165, 1.54) is 11.0 Å². The molecule has 0 spiro atoms. The molecule has 0 aromatic heterocycles. The van der Waals surface area contributed by atoms with Gasteiger partial charge in [-0.1, -0.05) is 30.1 Å². The van der Waals surface area contributed by atoms with Crippen LogP contribution in [0.3, 0.4) is 0 Å². The van der Waals surface area contributed by atoms with Gasteiger partial charge < -0.3 is 14.7 Å². The van der Waals surface area contributed by atoms with Crippen molar-refractivity contribution in [2.24, 2.45) is 11.8 Å². The second kappa shape index (κ2) is 11.6. The minimum atomic E-state index is -1.05. The third-order valence-corrected chi connectivity index (χ3v) is 9.04. The predicted octanol–water partition coefficient (Wildman–Crippen LogP) is 6.80. The smallest absolute Gasteiger partial charge is 0.326 e. The van der Waals surface area contributed by atoms with Crippen molar-refractivity contribution in [3.8, 4) is 5.75 Å². The Morgan fingerprint density at radius 2 is 1.69 bits per heavy atom. The Balaban J connectivity index is 1.23. The minimum absolute atomic E-state index is 0.0620. The Bertz CT molecular complexity index is 1230. The largest absolute Gasteiger partial charge is 0.493 e. The van der Waals surface area contributed by atoms with Gasteiger partial charge in [-0.25, -0.2) is 9.18 Å². The SMILES string of the molecule is C[C@H]1CCN(C(=O)c2cc(C3CC3)c(OCC3CCN([C@@H](C)c4cc(Cl)cc(Cl)c4)CC3)cc2F)[C@@H]1C(=O)O. The Labute approximate surface area is 239 Å². The Morgan fingerprint density at radius 3 is 2.31 bits per heavy atom. The number of hydrogen-bond acceptors (Lipinski definition) is 4. The molecule has 0 bridgehead atoms. The number of hydrogen-bond donors (Lipinski definition) is 1. The Kier molecular flexibility index (Phi) is 8.41. The average molecular weight is 578 g/mol. The number of rotatable bonds is 8. The molecule has 2 aromatic rings. The standard InChI is InChI=1S/C30H35Cl2FN2O4/c1-17-5-10-35(28(17)30(37)38)29(36)25-14-24(20-3-4-20)27(15-26(25)33)39-16-19-6-8-34(9-7-19)18(2)21-11-22(31)13-23(32)12-21/h11-15,17-20,28H,3-10,16H2,1-2H3,(H,37,38)/t17-,18-,28-/m0/s1. The average Bonchev–Trinajstić information content (AvgIpc) is 3.66. The van der Waals surface area contributed by atoms with Crippen LogP contribution in [0.2, 0.25) is 10.0 Å². The van der Waals surface area contributed by atoms with Crippen molar-refractivity contribution >= 4 is 35.1 Å². The summed E-state index contributed by atoms with van der Waals surface area (Å²) in [7, 11) is 0. The molecule has 210 valence electrons. The lowest BCUT2D eigenvalue weighted by Gasteiger charge is -2.36. The quantitative estimate of drug-likeness (QED) is 0.374. The summed E-state index contributed by atoms with van der Waals surface area (Å²) in [6.07, 6.45) is 4.45. The van der Waals surface area contributed by atoms with Gasteiger partial charge in [-0.2, -0.15) is 0 Å². The van der Waals surface area contributed by atoms with Crippen LogP contribution in [-0.4, -0.2) is 59.1 Å². The zero-order valence-corrected chi connectivity index (χ0v) is 23.8. The normalized spacial score (nSPS) is 23.2. The summed E-state index contributed by atoms with van der Waals surface area (Å²) < 4.78 is 21.5. The predicted molar refractivity (Wildman–Crippen MR) is 149 cm³/mol. The molecule has 1 amide bonds. The zero-order valence-electron chi connectivity index (χ0n) is 22.3. The molecule has 2 heterocycles. The molecule has 0 radical (unpaired) electrons. The van der Waals surface area contributed by atoms with Gasteiger partial charge in [-0.05, 0) is 105 Å². The van der Waals surface area contributed by atoms with Gasteiger partial charge in [0.25, 0.3) is 5.91 Å². The number of aliphatic carboxylic acids is 1. The number of likely N-dealkylation sites (tertiary alicyclic amines) is 2. The van der Waals surface area contributed by atoms with Crippen LogP contribution in [-0.2, 0) is 4.79 Å². The van der Waals surface area contributed by atoms with Crippen molar-refractivity contribution < 1.29 is 23.8 Å². The van der Waals surface area contributed by atoms with Gasteiger partial charge in [-0.15, -0.1) is 0 Å². The lowest BCUT2D eigenvalue weighted by Crippen LogP contribution is -2.43. The molecule has 1 aliphatic carbocycles. The van der Waals surface area contributed by atoms with E-state index in [9.17, 15) is 14.7 Å². The molecule has 3 atom stereocenters. The molecule has 2 saturated heterocycles. The van der Waals surface area contributed by atoms with E-state index < -0.39 is 23.7 Å². The lowest BCUT2D eigenvalue weighted by molar-refractivity contribution is -0.142. The number of amides is 1. The molecular formula is C30H35Cl2FN2O4. The third kappa shape index (κ3) is 6.21. The maximum Gasteiger partial charge on any atom is 0.326 e. The molecular weight excluding hydrogens is 542 g/mol. The topological polar surface area (TPSA) is 70.1 Å². The fourth-order valence-corrected chi connectivity index (χ4v) is 6.56. The summed E-state index contributed by atoms with van der Waals surface area (Å²) in [5.41, 5.74) is 1.88. The molecule has 3 fully saturated rings. The molecule has 1 saturated carbocycles. The molecule has 2 aliphatic heterocycles. The monoisotopic (exact) mass is 576 g/mol. The van der Waals surface area contributed by atoms with Gasteiger partial charge in [-0.3, -0.25) is 9.69 Å². The molecule has 1 N–H and O–H groups in total. The minimum Gasteiger partial charge on any atom is -0.493 e. The maximum absolute atomic E-state index is 15.3. The highest BCUT2D eigenvalue weighted by atomic mass is 35.5. The first-order valence-corrected chi connectivity index (χ1v) is 14.6. The summed E-state index contributed by atoms with van der Waals surface area (Å²) in [5, 5.41) is 10.9. The second-order valence-corrected chi connectivity index (χ2v) is 12.2. The highest BCUT2D eigenvalue weighted by Crippen LogP contribution is 2.45. The van der Waals surface area contributed by atoms with Gasteiger partial charge in [0.2, 0.25) is 0 Å². The number of benzene rings is 2. The van der Waals surface area contributed by atoms with Crippen LogP contribution in [0.4, 0.5) is 4.39 Å². The van der Waals surface area contributed by atoms with E-state index in [1.54, 1.807) is 12.1 Å². The Morgan fingerprint density at radius 1 is 1.03 bits per heavy atom. The van der Waals surface area contributed by atoms with Gasteiger partial charge in [0, 0.05) is 28.7 Å². The van der Waals surface area contributed by atoms with Crippen LogP contribution in [0, 0.1) is 17.7 Å². The number of carboxylic acid groups (broad SMARTS) is 1. The maximum atomic E-state index is 15.3. The van der Waals surface area contributed by atoms with Gasteiger partial charge in [0.1, 0.15) is 17.6 Å².